The Labute approximate surface area is 217 Å². The van der Waals surface area contributed by atoms with Crippen LogP contribution in [0.3, 0.4) is 0 Å². The molecule has 1 aromatic carbocycles. The summed E-state index contributed by atoms with van der Waals surface area (Å²) in [5.41, 5.74) is 6.99. The van der Waals surface area contributed by atoms with Crippen LogP contribution in [0, 0.1) is 5.92 Å². The Balaban J connectivity index is 1.58. The highest BCUT2D eigenvalue weighted by atomic mass is 35.5. The van der Waals surface area contributed by atoms with Gasteiger partial charge in [-0.2, -0.15) is 4.98 Å². The van der Waals surface area contributed by atoms with E-state index in [0.29, 0.717) is 56.7 Å². The molecule has 0 radical (unpaired) electrons. The van der Waals surface area contributed by atoms with Crippen LogP contribution in [0.2, 0.25) is 15.1 Å². The average Bonchev–Trinajstić information content (AvgIpc) is 3.55. The standard InChI is InChI=1S/C23H26Cl3N7O2/c1-32(23(11-34)6-7-23)21-28-10-17-20(31-21)33(14-4-2-12(3-5-14)19(27)35)22(29-17)30-18-15(25)8-13(24)9-16(18)26/h8-10,12,14,34H,2-7,11H2,1H3,(H2,27,35)(H,29,30)/t12-,14+. The summed E-state index contributed by atoms with van der Waals surface area (Å²) in [4.78, 5) is 27.8. The summed E-state index contributed by atoms with van der Waals surface area (Å²) in [5, 5.41) is 14.3. The van der Waals surface area contributed by atoms with Gasteiger partial charge in [0, 0.05) is 24.0 Å². The number of halogens is 3. The Bertz CT molecular complexity index is 1260. The number of rotatable bonds is 7. The van der Waals surface area contributed by atoms with Crippen LogP contribution < -0.4 is 16.0 Å². The molecule has 0 spiro atoms. The maximum absolute atomic E-state index is 11.7. The third-order valence-electron chi connectivity index (χ3n) is 7.26. The quantitative estimate of drug-likeness (QED) is 0.398. The van der Waals surface area contributed by atoms with Crippen molar-refractivity contribution in [2.45, 2.75) is 50.1 Å². The van der Waals surface area contributed by atoms with E-state index in [0.717, 1.165) is 25.7 Å². The predicted molar refractivity (Wildman–Crippen MR) is 138 cm³/mol. The molecular formula is C23H26Cl3N7O2. The van der Waals surface area contributed by atoms with Gasteiger partial charge >= 0.3 is 0 Å². The number of nitrogens with two attached hydrogens (primary N) is 1. The minimum Gasteiger partial charge on any atom is -0.394 e. The van der Waals surface area contributed by atoms with E-state index in [2.05, 4.69) is 10.3 Å². The molecule has 2 fully saturated rings. The number of aromatic nitrogens is 4. The Morgan fingerprint density at radius 1 is 1.20 bits per heavy atom. The molecule has 2 aliphatic carbocycles. The number of aliphatic hydroxyl groups is 1. The van der Waals surface area contributed by atoms with Gasteiger partial charge in [-0.15, -0.1) is 0 Å². The first-order chi connectivity index (χ1) is 16.7. The largest absolute Gasteiger partial charge is 0.394 e. The van der Waals surface area contributed by atoms with Crippen LogP contribution in [-0.4, -0.2) is 49.7 Å². The predicted octanol–water partition coefficient (Wildman–Crippen LogP) is 4.71. The number of likely N-dealkylation sites (N-methyl/N-ethyl adjacent to an activating group) is 1. The van der Waals surface area contributed by atoms with Gasteiger partial charge < -0.3 is 21.1 Å². The number of nitrogens with one attached hydrogen (secondary N) is 1. The molecule has 2 aliphatic rings. The zero-order chi connectivity index (χ0) is 24.9. The number of amides is 1. The van der Waals surface area contributed by atoms with Gasteiger partial charge in [0.1, 0.15) is 5.52 Å². The van der Waals surface area contributed by atoms with Crippen molar-refractivity contribution in [2.24, 2.45) is 11.7 Å². The van der Waals surface area contributed by atoms with Gasteiger partial charge in [-0.25, -0.2) is 9.97 Å². The van der Waals surface area contributed by atoms with Gasteiger partial charge in [0.25, 0.3) is 0 Å². The van der Waals surface area contributed by atoms with Gasteiger partial charge in [0.05, 0.1) is 34.1 Å². The Morgan fingerprint density at radius 2 is 1.86 bits per heavy atom. The van der Waals surface area contributed by atoms with Gasteiger partial charge in [-0.05, 0) is 50.7 Å². The molecule has 4 N–H and O–H groups in total. The lowest BCUT2D eigenvalue weighted by Gasteiger charge is -2.29. The van der Waals surface area contributed by atoms with Gasteiger partial charge in [-0.1, -0.05) is 34.8 Å². The van der Waals surface area contributed by atoms with E-state index in [4.69, 9.17) is 50.5 Å². The lowest BCUT2D eigenvalue weighted by molar-refractivity contribution is -0.122. The highest BCUT2D eigenvalue weighted by Gasteiger charge is 2.47. The fraction of sp³-hybridized carbons (Fsp3) is 0.478. The molecular weight excluding hydrogens is 513 g/mol. The number of primary amides is 1. The molecule has 5 rings (SSSR count). The lowest BCUT2D eigenvalue weighted by Crippen LogP contribution is -2.38. The normalized spacial score (nSPS) is 21.2. The molecule has 0 bridgehead atoms. The van der Waals surface area contributed by atoms with E-state index >= 15 is 0 Å². The first-order valence-electron chi connectivity index (χ1n) is 11.5. The number of nitrogens with zero attached hydrogens (tertiary/aromatic N) is 5. The number of anilines is 3. The smallest absolute Gasteiger partial charge is 0.227 e. The number of carbonyl (C=O) groups excluding carboxylic acids is 1. The number of aliphatic hydroxyl groups excluding tert-OH is 1. The van der Waals surface area contributed by atoms with Crippen molar-refractivity contribution in [2.75, 3.05) is 23.9 Å². The second kappa shape index (κ2) is 9.28. The molecule has 0 aliphatic heterocycles. The zero-order valence-corrected chi connectivity index (χ0v) is 21.4. The minimum absolute atomic E-state index is 0.0312. The van der Waals surface area contributed by atoms with Crippen molar-refractivity contribution >= 4 is 69.5 Å². The molecule has 9 nitrogen and oxygen atoms in total. The number of hydrogen-bond donors (Lipinski definition) is 3. The van der Waals surface area contributed by atoms with Crippen LogP contribution in [0.1, 0.15) is 44.6 Å². The summed E-state index contributed by atoms with van der Waals surface area (Å²) < 4.78 is 2.03. The summed E-state index contributed by atoms with van der Waals surface area (Å²) >= 11 is 19.0. The van der Waals surface area contributed by atoms with Crippen LogP contribution >= 0.6 is 34.8 Å². The molecule has 0 unspecified atom stereocenters. The number of fused-ring (bicyclic) bond motifs is 1. The summed E-state index contributed by atoms with van der Waals surface area (Å²) in [7, 11) is 1.90. The molecule has 2 heterocycles. The molecule has 1 amide bonds. The van der Waals surface area contributed by atoms with Crippen LogP contribution in [-0.2, 0) is 4.79 Å². The SMILES string of the molecule is CN(c1ncc2nc(Nc3c(Cl)cc(Cl)cc3Cl)n([C@H]3CC[C@@H](C(N)=O)CC3)c2n1)C1(CO)CC1. The van der Waals surface area contributed by atoms with Crippen molar-refractivity contribution in [3.8, 4) is 0 Å². The van der Waals surface area contributed by atoms with E-state index in [9.17, 15) is 9.90 Å². The fourth-order valence-electron chi connectivity index (χ4n) is 4.83. The molecule has 2 aromatic heterocycles. The maximum atomic E-state index is 11.7. The molecule has 3 aromatic rings. The molecule has 35 heavy (non-hydrogen) atoms. The summed E-state index contributed by atoms with van der Waals surface area (Å²) in [6.45, 7) is 0.0433. The lowest BCUT2D eigenvalue weighted by atomic mass is 9.85. The summed E-state index contributed by atoms with van der Waals surface area (Å²) in [6.07, 6.45) is 6.32. The highest BCUT2D eigenvalue weighted by Crippen LogP contribution is 2.43. The van der Waals surface area contributed by atoms with Crippen molar-refractivity contribution in [3.63, 3.8) is 0 Å². The topological polar surface area (TPSA) is 122 Å². The van der Waals surface area contributed by atoms with E-state index < -0.39 is 0 Å². The number of hydrogen-bond acceptors (Lipinski definition) is 7. The van der Waals surface area contributed by atoms with Crippen LogP contribution in [0.4, 0.5) is 17.6 Å². The third kappa shape index (κ3) is 4.50. The molecule has 2 saturated carbocycles. The molecule has 12 heteroatoms. The third-order valence-corrected chi connectivity index (χ3v) is 8.08. The van der Waals surface area contributed by atoms with Gasteiger partial charge in [0.15, 0.2) is 5.65 Å². The second-order valence-electron chi connectivity index (χ2n) is 9.40. The molecule has 0 saturated heterocycles. The van der Waals surface area contributed by atoms with Crippen molar-refractivity contribution in [1.29, 1.82) is 0 Å². The Hall–Kier alpha value is -2.33. The van der Waals surface area contributed by atoms with E-state index in [1.807, 2.05) is 16.5 Å². The Kier molecular flexibility index (Phi) is 6.46. The van der Waals surface area contributed by atoms with Crippen LogP contribution in [0.25, 0.3) is 11.2 Å². The molecule has 186 valence electrons. The van der Waals surface area contributed by atoms with E-state index in [-0.39, 0.29) is 30.0 Å². The highest BCUT2D eigenvalue weighted by molar-refractivity contribution is 6.41. The van der Waals surface area contributed by atoms with Gasteiger partial charge in [0.2, 0.25) is 17.8 Å². The zero-order valence-electron chi connectivity index (χ0n) is 19.1. The number of benzene rings is 1. The monoisotopic (exact) mass is 537 g/mol. The van der Waals surface area contributed by atoms with E-state index in [1.54, 1.807) is 18.3 Å². The summed E-state index contributed by atoms with van der Waals surface area (Å²) in [6, 6.07) is 3.25. The number of imidazole rings is 1. The second-order valence-corrected chi connectivity index (χ2v) is 10.7. The van der Waals surface area contributed by atoms with Crippen molar-refractivity contribution in [3.05, 3.63) is 33.4 Å². The molecule has 0 atom stereocenters. The fourth-order valence-corrected chi connectivity index (χ4v) is 5.74. The Morgan fingerprint density at radius 3 is 2.43 bits per heavy atom. The van der Waals surface area contributed by atoms with Crippen molar-refractivity contribution in [1.82, 2.24) is 19.5 Å². The number of carbonyl (C=O) groups is 1. The first-order valence-corrected chi connectivity index (χ1v) is 12.7. The summed E-state index contributed by atoms with van der Waals surface area (Å²) in [5.74, 6) is 0.645. The van der Waals surface area contributed by atoms with Crippen LogP contribution in [0.15, 0.2) is 18.3 Å². The minimum atomic E-state index is -0.316. The van der Waals surface area contributed by atoms with Crippen molar-refractivity contribution < 1.29 is 9.90 Å². The van der Waals surface area contributed by atoms with E-state index in [1.165, 1.54) is 0 Å². The first kappa shape index (κ1) is 24.4. The van der Waals surface area contributed by atoms with Crippen LogP contribution in [0.5, 0.6) is 0 Å². The van der Waals surface area contributed by atoms with Gasteiger partial charge in [-0.3, -0.25) is 9.36 Å². The maximum Gasteiger partial charge on any atom is 0.227 e. The average molecular weight is 539 g/mol.